The van der Waals surface area contributed by atoms with E-state index in [9.17, 15) is 33.0 Å². The van der Waals surface area contributed by atoms with Crippen LogP contribution in [0.4, 0.5) is 18.9 Å². The van der Waals surface area contributed by atoms with Crippen LogP contribution >= 0.6 is 11.8 Å². The summed E-state index contributed by atoms with van der Waals surface area (Å²) in [5.74, 6) is -4.08. The Labute approximate surface area is 155 Å². The zero-order valence-electron chi connectivity index (χ0n) is 13.8. The Morgan fingerprint density at radius 3 is 2.00 bits per heavy atom. The molecule has 10 heteroatoms. The average molecular weight is 398 g/mol. The van der Waals surface area contributed by atoms with Crippen LogP contribution in [0.1, 0.15) is 23.1 Å². The molecule has 6 nitrogen and oxygen atoms in total. The molecule has 0 aliphatic rings. The highest BCUT2D eigenvalue weighted by atomic mass is 32.2. The van der Waals surface area contributed by atoms with Gasteiger partial charge in [-0.3, -0.25) is 14.9 Å². The summed E-state index contributed by atoms with van der Waals surface area (Å²) < 4.78 is 39.4. The number of non-ortho nitro benzene ring substituents is 1. The number of carbonyl (C=O) groups excluding carboxylic acids is 1. The number of alkyl halides is 3. The van der Waals surface area contributed by atoms with E-state index in [4.69, 9.17) is 0 Å². The Hall–Kier alpha value is -2.75. The van der Waals surface area contributed by atoms with E-state index in [1.807, 2.05) is 0 Å². The Balaban J connectivity index is 2.54. The minimum absolute atomic E-state index is 0.142. The first-order valence-electron chi connectivity index (χ1n) is 7.51. The molecule has 0 saturated heterocycles. The fourth-order valence-electron chi connectivity index (χ4n) is 2.57. The molecule has 142 valence electrons. The second-order valence-corrected chi connectivity index (χ2v) is 6.39. The van der Waals surface area contributed by atoms with E-state index in [0.717, 1.165) is 29.2 Å². The third-order valence-corrected chi connectivity index (χ3v) is 4.66. The molecule has 2 unspecified atom stereocenters. The number of nitrogens with zero attached hydrogens (tertiary/aromatic N) is 2. The average Bonchev–Trinajstić information content (AvgIpc) is 2.65. The molecule has 0 saturated carbocycles. The van der Waals surface area contributed by atoms with Crippen molar-refractivity contribution >= 4 is 23.2 Å². The molecule has 2 aromatic rings. The summed E-state index contributed by atoms with van der Waals surface area (Å²) in [6, 6.07) is 8.44. The standard InChI is InChI=1S/C17H13F3N2O4S/c1-27-13-8-4-11(5-9-13)15(21-24)14(16(23)17(18,19)20)10-2-6-12(7-3-10)22(25)26/h2-9,14-15H,1H3. The van der Waals surface area contributed by atoms with Crippen molar-refractivity contribution in [3.63, 3.8) is 0 Å². The second kappa shape index (κ2) is 8.30. The maximum absolute atomic E-state index is 13.1. The van der Waals surface area contributed by atoms with Gasteiger partial charge in [0.1, 0.15) is 6.04 Å². The summed E-state index contributed by atoms with van der Waals surface area (Å²) in [6.07, 6.45) is -3.40. The van der Waals surface area contributed by atoms with Gasteiger partial charge in [0.15, 0.2) is 0 Å². The van der Waals surface area contributed by atoms with Gasteiger partial charge in [0, 0.05) is 17.0 Å². The van der Waals surface area contributed by atoms with Gasteiger partial charge in [-0.25, -0.2) is 0 Å². The van der Waals surface area contributed by atoms with E-state index in [-0.39, 0.29) is 16.8 Å². The van der Waals surface area contributed by atoms with Gasteiger partial charge in [0.2, 0.25) is 5.78 Å². The molecular weight excluding hydrogens is 385 g/mol. The molecule has 0 aliphatic carbocycles. The molecule has 0 aliphatic heterocycles. The fraction of sp³-hybridized carbons (Fsp3) is 0.235. The molecule has 0 aromatic heterocycles. The predicted molar refractivity (Wildman–Crippen MR) is 93.7 cm³/mol. The van der Waals surface area contributed by atoms with Gasteiger partial charge in [-0.05, 0) is 29.5 Å². The Kier molecular flexibility index (Phi) is 6.32. The lowest BCUT2D eigenvalue weighted by Gasteiger charge is -2.22. The number of nitro groups is 1. The summed E-state index contributed by atoms with van der Waals surface area (Å²) in [5.41, 5.74) is -0.387. The van der Waals surface area contributed by atoms with Crippen molar-refractivity contribution in [3.05, 3.63) is 74.7 Å². The van der Waals surface area contributed by atoms with Gasteiger partial charge in [-0.2, -0.15) is 18.1 Å². The van der Waals surface area contributed by atoms with E-state index < -0.39 is 28.8 Å². The highest BCUT2D eigenvalue weighted by Crippen LogP contribution is 2.40. The molecule has 0 heterocycles. The van der Waals surface area contributed by atoms with Gasteiger partial charge in [-0.1, -0.05) is 29.4 Å². The van der Waals surface area contributed by atoms with Crippen LogP contribution in [0.3, 0.4) is 0 Å². The molecule has 0 fully saturated rings. The van der Waals surface area contributed by atoms with E-state index in [0.29, 0.717) is 0 Å². The lowest BCUT2D eigenvalue weighted by molar-refractivity contribution is -0.384. The van der Waals surface area contributed by atoms with Gasteiger partial charge in [0.25, 0.3) is 5.69 Å². The van der Waals surface area contributed by atoms with E-state index in [1.54, 1.807) is 18.4 Å². The summed E-state index contributed by atoms with van der Waals surface area (Å²) in [7, 11) is 0. The largest absolute Gasteiger partial charge is 0.450 e. The first kappa shape index (κ1) is 20.6. The van der Waals surface area contributed by atoms with Crippen molar-refractivity contribution in [2.24, 2.45) is 5.18 Å². The number of hydrogen-bond donors (Lipinski definition) is 0. The van der Waals surface area contributed by atoms with Crippen molar-refractivity contribution in [1.29, 1.82) is 0 Å². The number of ketones is 1. The number of rotatable bonds is 7. The molecule has 0 N–H and O–H groups in total. The van der Waals surface area contributed by atoms with Crippen molar-refractivity contribution in [2.45, 2.75) is 23.0 Å². The van der Waals surface area contributed by atoms with E-state index in [1.165, 1.54) is 23.9 Å². The number of Topliss-reactive ketones (excluding diaryl/α,β-unsaturated/α-hetero) is 1. The summed E-state index contributed by atoms with van der Waals surface area (Å²) in [6.45, 7) is 0. The first-order valence-corrected chi connectivity index (χ1v) is 8.73. The summed E-state index contributed by atoms with van der Waals surface area (Å²) >= 11 is 1.40. The van der Waals surface area contributed by atoms with Crippen LogP contribution in [0.5, 0.6) is 0 Å². The summed E-state index contributed by atoms with van der Waals surface area (Å²) in [4.78, 5) is 34.2. The quantitative estimate of drug-likeness (QED) is 0.282. The lowest BCUT2D eigenvalue weighted by Crippen LogP contribution is -2.32. The van der Waals surface area contributed by atoms with Gasteiger partial charge in [0.05, 0.1) is 10.8 Å². The zero-order valence-corrected chi connectivity index (χ0v) is 14.7. The molecule has 2 aromatic carbocycles. The molecule has 27 heavy (non-hydrogen) atoms. The number of nitro benzene ring substituents is 1. The molecule has 0 radical (unpaired) electrons. The highest BCUT2D eigenvalue weighted by Gasteiger charge is 2.47. The van der Waals surface area contributed by atoms with Crippen LogP contribution in [-0.4, -0.2) is 23.1 Å². The van der Waals surface area contributed by atoms with Crippen molar-refractivity contribution in [1.82, 2.24) is 0 Å². The molecule has 0 bridgehead atoms. The van der Waals surface area contributed by atoms with Crippen molar-refractivity contribution < 1.29 is 22.9 Å². The predicted octanol–water partition coefficient (Wildman–Crippen LogP) is 5.04. The third-order valence-electron chi connectivity index (χ3n) is 3.91. The number of benzene rings is 2. The number of carbonyl (C=O) groups is 1. The SMILES string of the molecule is CSc1ccc(C(N=O)C(C(=O)C(F)(F)F)c2ccc([N+](=O)[O-])cc2)cc1. The van der Waals surface area contributed by atoms with E-state index >= 15 is 0 Å². The Morgan fingerprint density at radius 2 is 1.59 bits per heavy atom. The molecule has 2 rings (SSSR count). The normalized spacial score (nSPS) is 13.6. The molecular formula is C17H13F3N2O4S. The van der Waals surface area contributed by atoms with Crippen LogP contribution in [0.25, 0.3) is 0 Å². The fourth-order valence-corrected chi connectivity index (χ4v) is 2.98. The summed E-state index contributed by atoms with van der Waals surface area (Å²) in [5, 5.41) is 13.5. The minimum atomic E-state index is -5.20. The topological polar surface area (TPSA) is 89.6 Å². The van der Waals surface area contributed by atoms with Crippen LogP contribution in [0.2, 0.25) is 0 Å². The molecule has 0 amide bonds. The Bertz CT molecular complexity index is 839. The first-order chi connectivity index (χ1) is 12.7. The van der Waals surface area contributed by atoms with Gasteiger partial charge in [-0.15, -0.1) is 11.8 Å². The number of halogens is 3. The van der Waals surface area contributed by atoms with Crippen molar-refractivity contribution in [3.8, 4) is 0 Å². The lowest BCUT2D eigenvalue weighted by atomic mass is 9.84. The zero-order chi connectivity index (χ0) is 20.2. The van der Waals surface area contributed by atoms with E-state index in [2.05, 4.69) is 5.18 Å². The maximum atomic E-state index is 13.1. The van der Waals surface area contributed by atoms with Crippen molar-refractivity contribution in [2.75, 3.05) is 6.26 Å². The van der Waals surface area contributed by atoms with Crippen LogP contribution in [-0.2, 0) is 4.79 Å². The third kappa shape index (κ3) is 4.70. The van der Waals surface area contributed by atoms with Crippen LogP contribution in [0, 0.1) is 15.0 Å². The van der Waals surface area contributed by atoms with Crippen LogP contribution < -0.4 is 0 Å². The number of thioether (sulfide) groups is 1. The van der Waals surface area contributed by atoms with Gasteiger partial charge < -0.3 is 0 Å². The number of hydrogen-bond acceptors (Lipinski definition) is 6. The monoisotopic (exact) mass is 398 g/mol. The van der Waals surface area contributed by atoms with Gasteiger partial charge >= 0.3 is 6.18 Å². The van der Waals surface area contributed by atoms with Crippen LogP contribution in [0.15, 0.2) is 58.6 Å². The molecule has 0 spiro atoms. The maximum Gasteiger partial charge on any atom is 0.450 e. The second-order valence-electron chi connectivity index (χ2n) is 5.51. The molecule has 2 atom stereocenters. The highest BCUT2D eigenvalue weighted by molar-refractivity contribution is 7.98. The minimum Gasteiger partial charge on any atom is -0.289 e. The smallest absolute Gasteiger partial charge is 0.289 e. The Morgan fingerprint density at radius 1 is 1.07 bits per heavy atom. The number of nitroso groups, excluding NO2 is 1.